The summed E-state index contributed by atoms with van der Waals surface area (Å²) in [6.45, 7) is 6.77. The van der Waals surface area contributed by atoms with Gasteiger partial charge in [-0.3, -0.25) is 0 Å². The summed E-state index contributed by atoms with van der Waals surface area (Å²) in [5.41, 5.74) is 5.62. The van der Waals surface area contributed by atoms with Crippen LogP contribution in [0.4, 0.5) is 0 Å². The number of nitrogens with zero attached hydrogens (tertiary/aromatic N) is 1. The number of nitrogens with two attached hydrogens (primary N) is 1. The molecule has 1 saturated heterocycles. The van der Waals surface area contributed by atoms with Crippen LogP contribution in [0.1, 0.15) is 25.7 Å². The predicted molar refractivity (Wildman–Crippen MR) is 70.1 cm³/mol. The lowest BCUT2D eigenvalue weighted by molar-refractivity contribution is 0.0706. The third kappa shape index (κ3) is 6.99. The van der Waals surface area contributed by atoms with Gasteiger partial charge in [0.1, 0.15) is 0 Å². The number of hydrogen-bond donors (Lipinski definition) is 1. The summed E-state index contributed by atoms with van der Waals surface area (Å²) in [5.74, 6) is 0.808. The van der Waals surface area contributed by atoms with Crippen LogP contribution in [0.2, 0.25) is 0 Å². The van der Waals surface area contributed by atoms with Gasteiger partial charge in [-0.1, -0.05) is 0 Å². The maximum atomic E-state index is 5.62. The monoisotopic (exact) mass is 244 g/mol. The van der Waals surface area contributed by atoms with E-state index in [1.165, 1.54) is 32.4 Å². The van der Waals surface area contributed by atoms with Gasteiger partial charge in [-0.25, -0.2) is 0 Å². The third-order valence-corrected chi connectivity index (χ3v) is 3.37. The molecule has 0 amide bonds. The first-order valence-corrected chi connectivity index (χ1v) is 6.86. The highest BCUT2D eigenvalue weighted by Gasteiger charge is 2.18. The van der Waals surface area contributed by atoms with Crippen LogP contribution in [-0.2, 0) is 9.47 Å². The molecule has 17 heavy (non-hydrogen) atoms. The largest absolute Gasteiger partial charge is 0.385 e. The standard InChI is InChI=1S/C13H28N2O2/c1-16-9-3-10-17-11-8-15-7-2-4-13(12-15)5-6-14/h13H,2-12,14H2,1H3. The molecule has 0 aromatic carbocycles. The van der Waals surface area contributed by atoms with Crippen molar-refractivity contribution in [2.75, 3.05) is 53.1 Å². The first-order valence-electron chi connectivity index (χ1n) is 6.86. The third-order valence-electron chi connectivity index (χ3n) is 3.37. The van der Waals surface area contributed by atoms with Crippen LogP contribution in [0.25, 0.3) is 0 Å². The molecule has 1 aliphatic rings. The molecule has 4 nitrogen and oxygen atoms in total. The molecule has 1 heterocycles. The van der Waals surface area contributed by atoms with E-state index < -0.39 is 0 Å². The Labute approximate surface area is 105 Å². The first-order chi connectivity index (χ1) is 8.36. The Bertz CT molecular complexity index is 177. The summed E-state index contributed by atoms with van der Waals surface area (Å²) in [5, 5.41) is 0. The number of methoxy groups -OCH3 is 1. The SMILES string of the molecule is COCCCOCCN1CCCC(CCN)C1. The molecule has 0 radical (unpaired) electrons. The molecule has 0 saturated carbocycles. The second-order valence-corrected chi connectivity index (χ2v) is 4.84. The maximum Gasteiger partial charge on any atom is 0.0593 e. The highest BCUT2D eigenvalue weighted by atomic mass is 16.5. The Balaban J connectivity index is 1.98. The van der Waals surface area contributed by atoms with E-state index in [9.17, 15) is 0 Å². The Hall–Kier alpha value is -0.160. The zero-order valence-electron chi connectivity index (χ0n) is 11.2. The van der Waals surface area contributed by atoms with Crippen LogP contribution >= 0.6 is 0 Å². The van der Waals surface area contributed by atoms with E-state index in [2.05, 4.69) is 4.90 Å². The van der Waals surface area contributed by atoms with E-state index in [1.807, 2.05) is 0 Å². The van der Waals surface area contributed by atoms with Crippen LogP contribution in [0.5, 0.6) is 0 Å². The lowest BCUT2D eigenvalue weighted by atomic mass is 9.95. The molecule has 4 heteroatoms. The van der Waals surface area contributed by atoms with Gasteiger partial charge in [0.05, 0.1) is 6.61 Å². The number of piperidine rings is 1. The van der Waals surface area contributed by atoms with Gasteiger partial charge in [0, 0.05) is 33.4 Å². The van der Waals surface area contributed by atoms with Crippen molar-refractivity contribution in [3.63, 3.8) is 0 Å². The van der Waals surface area contributed by atoms with Crippen LogP contribution in [-0.4, -0.2) is 58.0 Å². The Morgan fingerprint density at radius 1 is 1.29 bits per heavy atom. The Morgan fingerprint density at radius 2 is 2.18 bits per heavy atom. The smallest absolute Gasteiger partial charge is 0.0593 e. The quantitative estimate of drug-likeness (QED) is 0.617. The summed E-state index contributed by atoms with van der Waals surface area (Å²) >= 11 is 0. The average molecular weight is 244 g/mol. The molecular formula is C13H28N2O2. The van der Waals surface area contributed by atoms with Crippen molar-refractivity contribution in [3.8, 4) is 0 Å². The van der Waals surface area contributed by atoms with Gasteiger partial charge >= 0.3 is 0 Å². The second-order valence-electron chi connectivity index (χ2n) is 4.84. The Morgan fingerprint density at radius 3 is 2.94 bits per heavy atom. The van der Waals surface area contributed by atoms with Crippen LogP contribution in [0.3, 0.4) is 0 Å². The molecule has 0 bridgehead atoms. The molecule has 0 aliphatic carbocycles. The first kappa shape index (κ1) is 14.9. The minimum absolute atomic E-state index is 0.794. The van der Waals surface area contributed by atoms with Gasteiger partial charge in [0.25, 0.3) is 0 Å². The topological polar surface area (TPSA) is 47.7 Å². The van der Waals surface area contributed by atoms with Crippen LogP contribution in [0.15, 0.2) is 0 Å². The number of hydrogen-bond acceptors (Lipinski definition) is 4. The molecule has 0 aromatic rings. The fourth-order valence-corrected chi connectivity index (χ4v) is 2.43. The van der Waals surface area contributed by atoms with Crippen LogP contribution < -0.4 is 5.73 Å². The lowest BCUT2D eigenvalue weighted by Gasteiger charge is -2.32. The molecule has 2 N–H and O–H groups in total. The number of ether oxygens (including phenoxy) is 2. The summed E-state index contributed by atoms with van der Waals surface area (Å²) in [6.07, 6.45) is 4.83. The summed E-state index contributed by atoms with van der Waals surface area (Å²) in [4.78, 5) is 2.51. The van der Waals surface area contributed by atoms with Gasteiger partial charge in [0.2, 0.25) is 0 Å². The van der Waals surface area contributed by atoms with Crippen molar-refractivity contribution in [3.05, 3.63) is 0 Å². The molecule has 102 valence electrons. The van der Waals surface area contributed by atoms with Crippen LogP contribution in [0, 0.1) is 5.92 Å². The van der Waals surface area contributed by atoms with E-state index in [0.29, 0.717) is 0 Å². The molecule has 1 rings (SSSR count). The molecule has 0 spiro atoms. The highest BCUT2D eigenvalue weighted by Crippen LogP contribution is 2.18. The van der Waals surface area contributed by atoms with E-state index in [4.69, 9.17) is 15.2 Å². The van der Waals surface area contributed by atoms with Gasteiger partial charge < -0.3 is 20.1 Å². The normalized spacial score (nSPS) is 21.9. The molecular weight excluding hydrogens is 216 g/mol. The molecule has 1 aliphatic heterocycles. The van der Waals surface area contributed by atoms with E-state index in [1.54, 1.807) is 7.11 Å². The molecule has 1 unspecified atom stereocenters. The van der Waals surface area contributed by atoms with Crippen molar-refractivity contribution in [1.82, 2.24) is 4.90 Å². The molecule has 0 aromatic heterocycles. The fraction of sp³-hybridized carbons (Fsp3) is 1.00. The summed E-state index contributed by atoms with van der Waals surface area (Å²) in [7, 11) is 1.73. The zero-order valence-corrected chi connectivity index (χ0v) is 11.2. The Kier molecular flexibility index (Phi) is 8.61. The van der Waals surface area contributed by atoms with E-state index >= 15 is 0 Å². The predicted octanol–water partition coefficient (Wildman–Crippen LogP) is 1.10. The fourth-order valence-electron chi connectivity index (χ4n) is 2.43. The highest BCUT2D eigenvalue weighted by molar-refractivity contribution is 4.73. The van der Waals surface area contributed by atoms with Crippen molar-refractivity contribution >= 4 is 0 Å². The minimum Gasteiger partial charge on any atom is -0.385 e. The van der Waals surface area contributed by atoms with E-state index in [0.717, 1.165) is 45.2 Å². The molecule has 1 atom stereocenters. The number of rotatable bonds is 9. The summed E-state index contributed by atoms with van der Waals surface area (Å²) < 4.78 is 10.6. The van der Waals surface area contributed by atoms with Crippen molar-refractivity contribution < 1.29 is 9.47 Å². The second kappa shape index (κ2) is 9.83. The van der Waals surface area contributed by atoms with Crippen molar-refractivity contribution in [2.24, 2.45) is 11.7 Å². The number of likely N-dealkylation sites (tertiary alicyclic amines) is 1. The average Bonchev–Trinajstić information content (AvgIpc) is 2.35. The van der Waals surface area contributed by atoms with Gasteiger partial charge in [-0.15, -0.1) is 0 Å². The van der Waals surface area contributed by atoms with Gasteiger partial charge in [0.15, 0.2) is 0 Å². The maximum absolute atomic E-state index is 5.62. The summed E-state index contributed by atoms with van der Waals surface area (Å²) in [6, 6.07) is 0. The van der Waals surface area contributed by atoms with E-state index in [-0.39, 0.29) is 0 Å². The molecule has 1 fully saturated rings. The zero-order chi connectivity index (χ0) is 12.3. The van der Waals surface area contributed by atoms with Crippen molar-refractivity contribution in [1.29, 1.82) is 0 Å². The lowest BCUT2D eigenvalue weighted by Crippen LogP contribution is -2.38. The minimum atomic E-state index is 0.794. The van der Waals surface area contributed by atoms with Gasteiger partial charge in [-0.2, -0.15) is 0 Å². The van der Waals surface area contributed by atoms with Gasteiger partial charge in [-0.05, 0) is 44.7 Å². The van der Waals surface area contributed by atoms with Crippen molar-refractivity contribution in [2.45, 2.75) is 25.7 Å².